The van der Waals surface area contributed by atoms with Crippen molar-refractivity contribution in [2.45, 2.75) is 77.4 Å². The number of hydrogen-bond donors (Lipinski definition) is 1. The van der Waals surface area contributed by atoms with Gasteiger partial charge in [-0.2, -0.15) is 0 Å². The number of methoxy groups -OCH3 is 1. The molecule has 0 unspecified atom stereocenters. The normalized spacial score (nSPS) is 15.1. The number of carbonyl (C=O) groups is 2. The van der Waals surface area contributed by atoms with Crippen LogP contribution in [0.1, 0.15) is 69.9 Å². The number of carbonyl (C=O) groups excluding carboxylic acids is 2. The molecule has 3 rings (SSSR count). The van der Waals surface area contributed by atoms with E-state index in [2.05, 4.69) is 5.32 Å². The van der Waals surface area contributed by atoms with Crippen molar-refractivity contribution in [3.8, 4) is 5.75 Å². The molecule has 1 atom stereocenters. The molecular formula is C29H41N3O5S. The average Bonchev–Trinajstić information content (AvgIpc) is 2.89. The van der Waals surface area contributed by atoms with Crippen molar-refractivity contribution in [2.24, 2.45) is 0 Å². The van der Waals surface area contributed by atoms with Crippen molar-refractivity contribution in [2.75, 3.05) is 24.2 Å². The van der Waals surface area contributed by atoms with E-state index < -0.39 is 28.5 Å². The smallest absolute Gasteiger partial charge is 0.244 e. The first-order chi connectivity index (χ1) is 18.0. The second-order valence-corrected chi connectivity index (χ2v) is 12.3. The van der Waals surface area contributed by atoms with Crippen LogP contribution >= 0.6 is 0 Å². The third kappa shape index (κ3) is 7.72. The molecule has 2 aromatic rings. The molecule has 1 aliphatic rings. The van der Waals surface area contributed by atoms with E-state index in [1.165, 1.54) is 11.3 Å². The molecule has 1 aliphatic carbocycles. The van der Waals surface area contributed by atoms with Crippen LogP contribution in [0, 0.1) is 0 Å². The van der Waals surface area contributed by atoms with Gasteiger partial charge in [-0.15, -0.1) is 0 Å². The second kappa shape index (κ2) is 13.1. The highest BCUT2D eigenvalue weighted by Gasteiger charge is 2.32. The quantitative estimate of drug-likeness (QED) is 0.452. The Balaban J connectivity index is 1.93. The molecule has 208 valence electrons. The largest absolute Gasteiger partial charge is 0.497 e. The number of nitrogens with zero attached hydrogens (tertiary/aromatic N) is 2. The molecule has 8 nitrogen and oxygen atoms in total. The number of sulfonamides is 1. The molecule has 1 fully saturated rings. The highest BCUT2D eigenvalue weighted by molar-refractivity contribution is 7.92. The fourth-order valence-electron chi connectivity index (χ4n) is 4.92. The zero-order chi connectivity index (χ0) is 27.9. The van der Waals surface area contributed by atoms with Crippen molar-refractivity contribution >= 4 is 27.5 Å². The maximum absolute atomic E-state index is 13.9. The van der Waals surface area contributed by atoms with E-state index in [9.17, 15) is 18.0 Å². The maximum atomic E-state index is 13.9. The number of ether oxygens (including phenoxy) is 1. The average molecular weight is 544 g/mol. The molecule has 38 heavy (non-hydrogen) atoms. The summed E-state index contributed by atoms with van der Waals surface area (Å²) in [6.07, 6.45) is 6.27. The molecule has 0 heterocycles. The number of para-hydroxylation sites is 1. The zero-order valence-electron chi connectivity index (χ0n) is 23.1. The van der Waals surface area contributed by atoms with Crippen LogP contribution in [0.25, 0.3) is 0 Å². The molecule has 2 amide bonds. The summed E-state index contributed by atoms with van der Waals surface area (Å²) in [6.45, 7) is 5.39. The van der Waals surface area contributed by atoms with E-state index in [-0.39, 0.29) is 24.4 Å². The summed E-state index contributed by atoms with van der Waals surface area (Å²) in [7, 11) is -2.22. The number of nitrogens with one attached hydrogen (secondary N) is 1. The van der Waals surface area contributed by atoms with Crippen LogP contribution < -0.4 is 14.4 Å². The van der Waals surface area contributed by atoms with E-state index in [1.54, 1.807) is 26.2 Å². The number of hydrogen-bond acceptors (Lipinski definition) is 5. The lowest BCUT2D eigenvalue weighted by molar-refractivity contribution is -0.139. The van der Waals surface area contributed by atoms with Crippen LogP contribution in [0.3, 0.4) is 0 Å². The van der Waals surface area contributed by atoms with Gasteiger partial charge in [0.05, 0.1) is 19.1 Å². The standard InChI is InChI=1S/C29H41N3O5S/c1-21(2)26-16-9-10-17-27(26)32(38(5,35)36)20-28(33)31(19-23-12-11-15-25(18-23)37-4)22(3)29(34)30-24-13-7-6-8-14-24/h9-12,15-18,21-22,24H,6-8,13-14,19-20H2,1-5H3,(H,30,34)/t22-/m0/s1. The van der Waals surface area contributed by atoms with Crippen molar-refractivity contribution in [1.29, 1.82) is 0 Å². The van der Waals surface area contributed by atoms with Gasteiger partial charge < -0.3 is 15.0 Å². The summed E-state index contributed by atoms with van der Waals surface area (Å²) in [6, 6.07) is 13.8. The van der Waals surface area contributed by atoms with Crippen LogP contribution in [0.15, 0.2) is 48.5 Å². The minimum Gasteiger partial charge on any atom is -0.497 e. The van der Waals surface area contributed by atoms with E-state index in [0.29, 0.717) is 11.4 Å². The molecule has 1 N–H and O–H groups in total. The monoisotopic (exact) mass is 543 g/mol. The Morgan fingerprint density at radius 3 is 2.34 bits per heavy atom. The molecule has 0 saturated heterocycles. The van der Waals surface area contributed by atoms with E-state index in [4.69, 9.17) is 4.74 Å². The highest BCUT2D eigenvalue weighted by atomic mass is 32.2. The third-order valence-electron chi connectivity index (χ3n) is 7.11. The Kier molecular flexibility index (Phi) is 10.2. The van der Waals surface area contributed by atoms with Crippen LogP contribution in [-0.2, 0) is 26.2 Å². The summed E-state index contributed by atoms with van der Waals surface area (Å²) in [5, 5.41) is 3.11. The minimum atomic E-state index is -3.79. The van der Waals surface area contributed by atoms with E-state index >= 15 is 0 Å². The summed E-state index contributed by atoms with van der Waals surface area (Å²) in [5.41, 5.74) is 2.08. The predicted octanol–water partition coefficient (Wildman–Crippen LogP) is 4.45. The molecule has 9 heteroatoms. The summed E-state index contributed by atoms with van der Waals surface area (Å²) in [4.78, 5) is 28.6. The van der Waals surface area contributed by atoms with Crippen LogP contribution in [-0.4, -0.2) is 57.1 Å². The first-order valence-corrected chi connectivity index (χ1v) is 15.2. The SMILES string of the molecule is COc1cccc(CN(C(=O)CN(c2ccccc2C(C)C)S(C)(=O)=O)[C@@H](C)C(=O)NC2CCCCC2)c1. The fraction of sp³-hybridized carbons (Fsp3) is 0.517. The molecule has 2 aromatic carbocycles. The van der Waals surface area contributed by atoms with Crippen LogP contribution in [0.5, 0.6) is 5.75 Å². The van der Waals surface area contributed by atoms with Crippen LogP contribution in [0.4, 0.5) is 5.69 Å². The zero-order valence-corrected chi connectivity index (χ0v) is 24.0. The van der Waals surface area contributed by atoms with Gasteiger partial charge in [0.2, 0.25) is 21.8 Å². The maximum Gasteiger partial charge on any atom is 0.244 e. The third-order valence-corrected chi connectivity index (χ3v) is 8.24. The molecule has 0 radical (unpaired) electrons. The Hall–Kier alpha value is -3.07. The lowest BCUT2D eigenvalue weighted by Gasteiger charge is -2.33. The first-order valence-electron chi connectivity index (χ1n) is 13.3. The minimum absolute atomic E-state index is 0.0543. The summed E-state index contributed by atoms with van der Waals surface area (Å²) in [5.74, 6) is 0.00111. The lowest BCUT2D eigenvalue weighted by atomic mass is 9.95. The van der Waals surface area contributed by atoms with Gasteiger partial charge in [0.1, 0.15) is 18.3 Å². The predicted molar refractivity (Wildman–Crippen MR) is 151 cm³/mol. The molecule has 0 aliphatic heterocycles. The number of amides is 2. The van der Waals surface area contributed by atoms with Gasteiger partial charge in [-0.05, 0) is 55.0 Å². The van der Waals surface area contributed by atoms with Gasteiger partial charge in [-0.1, -0.05) is 63.4 Å². The van der Waals surface area contributed by atoms with Gasteiger partial charge in [-0.25, -0.2) is 8.42 Å². The summed E-state index contributed by atoms with van der Waals surface area (Å²) < 4.78 is 32.4. The van der Waals surface area contributed by atoms with Gasteiger partial charge in [-0.3, -0.25) is 13.9 Å². The van der Waals surface area contributed by atoms with Crippen LogP contribution in [0.2, 0.25) is 0 Å². The number of benzene rings is 2. The first kappa shape index (κ1) is 29.5. The van der Waals surface area contributed by atoms with Gasteiger partial charge in [0, 0.05) is 12.6 Å². The molecule has 0 spiro atoms. The Bertz CT molecular complexity index is 1210. The summed E-state index contributed by atoms with van der Waals surface area (Å²) >= 11 is 0. The number of anilines is 1. The number of rotatable bonds is 11. The van der Waals surface area contributed by atoms with Crippen molar-refractivity contribution in [3.05, 3.63) is 59.7 Å². The van der Waals surface area contributed by atoms with E-state index in [0.717, 1.165) is 47.4 Å². The highest BCUT2D eigenvalue weighted by Crippen LogP contribution is 2.29. The molecular weight excluding hydrogens is 502 g/mol. The topological polar surface area (TPSA) is 96.0 Å². The molecule has 0 bridgehead atoms. The Morgan fingerprint density at radius 1 is 1.03 bits per heavy atom. The van der Waals surface area contributed by atoms with Gasteiger partial charge >= 0.3 is 0 Å². The second-order valence-electron chi connectivity index (χ2n) is 10.4. The molecule has 1 saturated carbocycles. The fourth-order valence-corrected chi connectivity index (χ4v) is 5.78. The van der Waals surface area contributed by atoms with E-state index in [1.807, 2.05) is 50.2 Å². The van der Waals surface area contributed by atoms with Gasteiger partial charge in [0.15, 0.2) is 0 Å². The van der Waals surface area contributed by atoms with Crippen molar-refractivity contribution in [1.82, 2.24) is 10.2 Å². The van der Waals surface area contributed by atoms with Crippen molar-refractivity contribution in [3.63, 3.8) is 0 Å². The lowest BCUT2D eigenvalue weighted by Crippen LogP contribution is -2.53. The Morgan fingerprint density at radius 2 is 1.71 bits per heavy atom. The van der Waals surface area contributed by atoms with Crippen molar-refractivity contribution < 1.29 is 22.7 Å². The Labute approximate surface area is 227 Å². The molecule has 0 aromatic heterocycles. The van der Waals surface area contributed by atoms with Gasteiger partial charge in [0.25, 0.3) is 0 Å².